The molecule has 0 saturated carbocycles. The number of carbonyl (C=O) groups is 8. The van der Waals surface area contributed by atoms with Crippen LogP contribution in [-0.4, -0.2) is 150 Å². The van der Waals surface area contributed by atoms with Gasteiger partial charge >= 0.3 is 0 Å². The second-order valence-corrected chi connectivity index (χ2v) is 42.6. The first-order chi connectivity index (χ1) is 64.7. The Morgan fingerprint density at radius 3 is 0.574 bits per heavy atom. The van der Waals surface area contributed by atoms with Crippen molar-refractivity contribution in [1.82, 2.24) is 42.5 Å². The number of hydrogen-bond donors (Lipinski definition) is 16. The van der Waals surface area contributed by atoms with E-state index in [0.717, 1.165) is 135 Å². The maximum Gasteiger partial charge on any atom is 0.251 e. The van der Waals surface area contributed by atoms with Gasteiger partial charge in [0.1, 0.15) is 49.4 Å². The molecule has 0 saturated heterocycles. The van der Waals surface area contributed by atoms with Crippen molar-refractivity contribution >= 4 is 94.3 Å². The molecule has 8 aromatic carbocycles. The minimum absolute atomic E-state index is 0.0567. The fourth-order valence-electron chi connectivity index (χ4n) is 14.3. The Balaban J connectivity index is 1.19. The molecule has 8 aromatic rings. The van der Waals surface area contributed by atoms with Crippen LogP contribution in [0, 0.1) is 0 Å². The van der Waals surface area contributed by atoms with Gasteiger partial charge in [0, 0.05) is 74.6 Å². The summed E-state index contributed by atoms with van der Waals surface area (Å²) in [4.78, 5) is 112. The molecule has 136 heavy (non-hydrogen) atoms. The van der Waals surface area contributed by atoms with E-state index in [1.165, 1.54) is 47.0 Å². The predicted molar refractivity (Wildman–Crippen MR) is 545 cm³/mol. The molecule has 8 amide bonds. The van der Waals surface area contributed by atoms with Gasteiger partial charge in [-0.05, 0) is 241 Å². The molecular weight excluding hydrogens is 1790 g/mol. The van der Waals surface area contributed by atoms with Crippen molar-refractivity contribution in [2.45, 2.75) is 272 Å². The number of benzene rings is 8. The third kappa shape index (κ3) is 34.2. The van der Waals surface area contributed by atoms with Crippen LogP contribution < -0.4 is 107 Å². The lowest BCUT2D eigenvalue weighted by Gasteiger charge is -2.28. The molecule has 0 fully saturated rings. The summed E-state index contributed by atoms with van der Waals surface area (Å²) >= 11 is 6.07. The largest absolute Gasteiger partial charge is 0.487 e. The fourth-order valence-corrected chi connectivity index (χ4v) is 19.0. The van der Waals surface area contributed by atoms with E-state index in [4.69, 9.17) is 64.8 Å². The molecule has 0 unspecified atom stereocenters. The quantitative estimate of drug-likeness (QED) is 0.0157. The molecule has 1 aliphatic heterocycles. The minimum Gasteiger partial charge on any atom is -0.487 e. The van der Waals surface area contributed by atoms with Gasteiger partial charge in [0.15, 0.2) is 0 Å². The van der Waals surface area contributed by atoms with E-state index in [1.807, 2.05) is 48.5 Å². The van der Waals surface area contributed by atoms with Gasteiger partial charge in [-0.3, -0.25) is 38.4 Å². The molecule has 8 bridgehead atoms. The van der Waals surface area contributed by atoms with Crippen molar-refractivity contribution in [3.05, 3.63) is 212 Å². The Labute approximate surface area is 820 Å². The Morgan fingerprint density at radius 2 is 0.419 bits per heavy atom. The van der Waals surface area contributed by atoms with Crippen LogP contribution in [0.15, 0.2) is 185 Å². The molecule has 0 aliphatic carbocycles. The fraction of sp³-hybridized carbons (Fsp3) is 0.462. The van der Waals surface area contributed by atoms with Gasteiger partial charge in [-0.25, -0.2) is 0 Å². The second-order valence-electron chi connectivity index (χ2n) is 38.3. The Bertz CT molecular complexity index is 4570. The number of ether oxygens (including phenoxy) is 4. The summed E-state index contributed by atoms with van der Waals surface area (Å²) < 4.78 is 29.8. The molecule has 24 N–H and O–H groups in total. The van der Waals surface area contributed by atoms with Crippen LogP contribution in [0.4, 0.5) is 0 Å². The number of unbranched alkanes of at least 4 members (excludes halogenated alkanes) is 4. The third-order valence-electron chi connectivity index (χ3n) is 22.9. The summed E-state index contributed by atoms with van der Waals surface area (Å²) in [5.74, 6) is -0.263. The summed E-state index contributed by atoms with van der Waals surface area (Å²) in [6, 6.07) is 43.8. The molecule has 4 atom stereocenters. The maximum atomic E-state index is 13.8. The highest BCUT2D eigenvalue weighted by atomic mass is 32.2. The lowest BCUT2D eigenvalue weighted by Crippen LogP contribution is -2.43. The predicted octanol–water partition coefficient (Wildman–Crippen LogP) is 13.3. The summed E-state index contributed by atoms with van der Waals surface area (Å²) in [5.41, 5.74) is 54.1. The van der Waals surface area contributed by atoms with Crippen LogP contribution in [0.1, 0.15) is 246 Å². The van der Waals surface area contributed by atoms with Crippen LogP contribution in [0.2, 0.25) is 0 Å². The first-order valence-electron chi connectivity index (χ1n) is 47.1. The van der Waals surface area contributed by atoms with Crippen molar-refractivity contribution in [2.75, 3.05) is 78.5 Å². The van der Waals surface area contributed by atoms with E-state index >= 15 is 0 Å². The molecule has 1 heterocycles. The van der Waals surface area contributed by atoms with Gasteiger partial charge in [0.2, 0.25) is 23.6 Å². The SMILES string of the molecule is CC(C)(C)c1cc2c(OCc3ccc(C(=O)NCCNC(=O)[C@@H](N)CCCCN)cc3)c(c1)Sc1cc(C(C)(C)C)cc(c1OCc1ccc(C(=O)NCCNC(=O)[C@@H](N)CCCCN)cc1)Sc1cc(C(C)(C)C)cc(c1OCc1ccc(C(=O)NCCNC(=O)[C@@H](N)CCCCN)cc1)Sc1cc(C(C)(C)C)cc(c1OCc1ccc(C(=O)NCCNC(=O)[C@@H](N)CCCCN)cc1)S2. The molecule has 28 nitrogen and oxygen atoms in total. The summed E-state index contributed by atoms with van der Waals surface area (Å²) in [6.07, 6.45) is 8.02. The van der Waals surface area contributed by atoms with E-state index in [0.29, 0.717) is 97.1 Å². The molecule has 9 rings (SSSR count). The van der Waals surface area contributed by atoms with E-state index in [1.54, 1.807) is 48.5 Å². The van der Waals surface area contributed by atoms with Crippen LogP contribution in [0.3, 0.4) is 0 Å². The number of nitrogens with one attached hydrogen (secondary N) is 8. The van der Waals surface area contributed by atoms with Crippen molar-refractivity contribution < 1.29 is 57.3 Å². The monoisotopic (exact) mass is 1940 g/mol. The number of nitrogens with two attached hydrogens (primary N) is 8. The van der Waals surface area contributed by atoms with E-state index in [9.17, 15) is 38.4 Å². The lowest BCUT2D eigenvalue weighted by molar-refractivity contribution is -0.123. The minimum atomic E-state index is -0.681. The standard InChI is InChI=1S/C104H144N16O12S4/c1-101(2,3)73-53-81-89(129-61-65-25-33-69(34-26-65)93(121)113-45-49-117-97(125)77(109)21-13-17-41-105)82(54-73)134-84-56-75(103(7,8)9)58-86(91(84)131-63-67-29-37-71(38-30-67)95(123)115-47-51-119-99(127)79(111)23-15-19-43-107)136-88-60-76(104(10,11)12)59-87(92(88)132-64-68-31-39-72(40-32-68)96(124)116-48-52-120-100(128)80(112)24-16-20-44-108)135-85-57-74(102(4,5)6)55-83(133-81)90(85)130-62-66-27-35-70(36-28-66)94(122)114-46-50-118-98(126)78(110)22-14-18-42-106/h25-40,53-60,77-80H,13-24,41-52,61-64,105-112H2,1-12H3,(H,113,121)(H,114,122)(H,115,123)(H,116,124)(H,117,125)(H,118,126)(H,119,127)(H,120,128)/t77-,78-,79-,80-/m0/s1. The summed E-state index contributed by atoms with van der Waals surface area (Å²) in [5, 5.41) is 23.0. The van der Waals surface area contributed by atoms with Gasteiger partial charge < -0.3 is 107 Å². The van der Waals surface area contributed by atoms with E-state index in [2.05, 4.69) is 174 Å². The molecule has 1 aliphatic rings. The number of carbonyl (C=O) groups excluding carboxylic acids is 8. The van der Waals surface area contributed by atoms with Crippen LogP contribution >= 0.6 is 47.0 Å². The van der Waals surface area contributed by atoms with Gasteiger partial charge in [-0.1, -0.05) is 204 Å². The zero-order chi connectivity index (χ0) is 98.9. The molecular formula is C104H144N16O12S4. The zero-order valence-corrected chi connectivity index (χ0v) is 84.4. The molecule has 0 radical (unpaired) electrons. The smallest absolute Gasteiger partial charge is 0.251 e. The number of hydrogen-bond acceptors (Lipinski definition) is 24. The van der Waals surface area contributed by atoms with Crippen LogP contribution in [0.25, 0.3) is 0 Å². The Hall–Kier alpha value is -10.2. The maximum absolute atomic E-state index is 13.8. The molecule has 0 spiro atoms. The Morgan fingerprint density at radius 1 is 0.257 bits per heavy atom. The van der Waals surface area contributed by atoms with Gasteiger partial charge in [-0.2, -0.15) is 0 Å². The average molecular weight is 1940 g/mol. The normalized spacial score (nSPS) is 13.1. The third-order valence-corrected chi connectivity index (χ3v) is 27.1. The highest BCUT2D eigenvalue weighted by molar-refractivity contribution is 8.01. The molecule has 736 valence electrons. The van der Waals surface area contributed by atoms with E-state index < -0.39 is 45.8 Å². The summed E-state index contributed by atoms with van der Waals surface area (Å²) in [7, 11) is 0. The molecule has 32 heteroatoms. The highest BCUT2D eigenvalue weighted by Crippen LogP contribution is 2.57. The van der Waals surface area contributed by atoms with Crippen molar-refractivity contribution in [1.29, 1.82) is 0 Å². The van der Waals surface area contributed by atoms with Crippen LogP contribution in [-0.2, 0) is 67.3 Å². The zero-order valence-electron chi connectivity index (χ0n) is 81.1. The topological polar surface area (TPSA) is 478 Å². The summed E-state index contributed by atoms with van der Waals surface area (Å²) in [6.45, 7) is 30.0. The lowest BCUT2D eigenvalue weighted by atomic mass is 9.87. The van der Waals surface area contributed by atoms with Crippen molar-refractivity contribution in [3.63, 3.8) is 0 Å². The van der Waals surface area contributed by atoms with Gasteiger partial charge in [-0.15, -0.1) is 0 Å². The first kappa shape index (κ1) is 109. The second kappa shape index (κ2) is 53.1. The van der Waals surface area contributed by atoms with Gasteiger partial charge in [0.25, 0.3) is 23.6 Å². The first-order valence-corrected chi connectivity index (χ1v) is 50.4. The number of fused-ring (bicyclic) bond motifs is 8. The van der Waals surface area contributed by atoms with Crippen molar-refractivity contribution in [3.8, 4) is 23.0 Å². The van der Waals surface area contributed by atoms with Crippen LogP contribution in [0.5, 0.6) is 23.0 Å². The van der Waals surface area contributed by atoms with Crippen molar-refractivity contribution in [2.24, 2.45) is 45.9 Å². The number of amides is 8. The van der Waals surface area contributed by atoms with E-state index in [-0.39, 0.29) is 126 Å². The average Bonchev–Trinajstić information content (AvgIpc) is 0.755. The Kier molecular flexibility index (Phi) is 42.7. The number of rotatable bonds is 48. The highest BCUT2D eigenvalue weighted by Gasteiger charge is 2.33. The molecule has 0 aromatic heterocycles. The van der Waals surface area contributed by atoms with Gasteiger partial charge in [0.05, 0.1) is 63.3 Å².